The highest BCUT2D eigenvalue weighted by molar-refractivity contribution is 5.98. The second-order valence-electron chi connectivity index (χ2n) is 2.71. The number of primary amides is 1. The van der Waals surface area contributed by atoms with Crippen LogP contribution < -0.4 is 11.1 Å². The number of benzene rings is 1. The zero-order valence-electron chi connectivity index (χ0n) is 7.60. The highest BCUT2D eigenvalue weighted by atomic mass is 19.2. The summed E-state index contributed by atoms with van der Waals surface area (Å²) in [4.78, 5) is 10.9. The number of carbonyl (C=O) groups is 1. The number of nitrogens with two attached hydrogens (primary N) is 1. The van der Waals surface area contributed by atoms with Crippen molar-refractivity contribution < 1.29 is 13.6 Å². The third-order valence-corrected chi connectivity index (χ3v) is 1.69. The minimum atomic E-state index is -1.08. The van der Waals surface area contributed by atoms with E-state index in [2.05, 4.69) is 5.32 Å². The zero-order valence-corrected chi connectivity index (χ0v) is 7.60. The monoisotopic (exact) mass is 200 g/mol. The van der Waals surface area contributed by atoms with Crippen LogP contribution in [0.5, 0.6) is 0 Å². The summed E-state index contributed by atoms with van der Waals surface area (Å²) in [5.41, 5.74) is 5.15. The van der Waals surface area contributed by atoms with Crippen molar-refractivity contribution >= 4 is 11.6 Å². The van der Waals surface area contributed by atoms with E-state index < -0.39 is 17.5 Å². The van der Waals surface area contributed by atoms with E-state index in [4.69, 9.17) is 5.73 Å². The van der Waals surface area contributed by atoms with Gasteiger partial charge in [0.25, 0.3) is 5.91 Å². The fraction of sp³-hybridized carbons (Fsp3) is 0.222. The van der Waals surface area contributed by atoms with E-state index in [0.717, 1.165) is 12.1 Å². The second kappa shape index (κ2) is 4.04. The van der Waals surface area contributed by atoms with E-state index >= 15 is 0 Å². The summed E-state index contributed by atoms with van der Waals surface area (Å²) in [5.74, 6) is -2.88. The standard InChI is InChI=1S/C9H10F2N2O/c1-2-13-8-4-7(11)6(10)3-5(8)9(12)14/h3-4,13H,2H2,1H3,(H2,12,14). The van der Waals surface area contributed by atoms with Gasteiger partial charge >= 0.3 is 0 Å². The number of anilines is 1. The molecule has 0 fully saturated rings. The molecule has 0 saturated carbocycles. The van der Waals surface area contributed by atoms with Crippen molar-refractivity contribution in [1.29, 1.82) is 0 Å². The molecule has 0 bridgehead atoms. The van der Waals surface area contributed by atoms with Crippen LogP contribution in [0.2, 0.25) is 0 Å². The third-order valence-electron chi connectivity index (χ3n) is 1.69. The molecule has 0 radical (unpaired) electrons. The van der Waals surface area contributed by atoms with Gasteiger partial charge in [-0.3, -0.25) is 4.79 Å². The van der Waals surface area contributed by atoms with Crippen LogP contribution in [0.1, 0.15) is 17.3 Å². The van der Waals surface area contributed by atoms with Crippen LogP contribution in [0.3, 0.4) is 0 Å². The fourth-order valence-corrected chi connectivity index (χ4v) is 1.09. The highest BCUT2D eigenvalue weighted by Gasteiger charge is 2.12. The van der Waals surface area contributed by atoms with Gasteiger partial charge in [-0.25, -0.2) is 8.78 Å². The molecule has 1 aromatic rings. The van der Waals surface area contributed by atoms with Crippen LogP contribution >= 0.6 is 0 Å². The fourth-order valence-electron chi connectivity index (χ4n) is 1.09. The number of nitrogens with one attached hydrogen (secondary N) is 1. The molecule has 0 aliphatic heterocycles. The number of carbonyl (C=O) groups excluding carboxylic acids is 1. The van der Waals surface area contributed by atoms with Gasteiger partial charge in [0.05, 0.1) is 11.3 Å². The number of rotatable bonds is 3. The first kappa shape index (κ1) is 10.4. The molecule has 76 valence electrons. The molecule has 0 aliphatic rings. The van der Waals surface area contributed by atoms with Crippen LogP contribution in [-0.4, -0.2) is 12.5 Å². The lowest BCUT2D eigenvalue weighted by Gasteiger charge is -2.08. The van der Waals surface area contributed by atoms with Crippen molar-refractivity contribution in [2.45, 2.75) is 6.92 Å². The Hall–Kier alpha value is -1.65. The maximum Gasteiger partial charge on any atom is 0.250 e. The van der Waals surface area contributed by atoms with E-state index in [-0.39, 0.29) is 11.3 Å². The molecule has 5 heteroatoms. The van der Waals surface area contributed by atoms with Gasteiger partial charge in [0.2, 0.25) is 0 Å². The van der Waals surface area contributed by atoms with E-state index in [1.807, 2.05) is 0 Å². The first-order valence-corrected chi connectivity index (χ1v) is 4.09. The number of hydrogen-bond donors (Lipinski definition) is 2. The topological polar surface area (TPSA) is 55.1 Å². The van der Waals surface area contributed by atoms with Gasteiger partial charge in [0.1, 0.15) is 0 Å². The molecule has 1 aromatic carbocycles. The van der Waals surface area contributed by atoms with Crippen LogP contribution in [0.4, 0.5) is 14.5 Å². The summed E-state index contributed by atoms with van der Waals surface area (Å²) in [5, 5.41) is 2.72. The van der Waals surface area contributed by atoms with Gasteiger partial charge in [0.15, 0.2) is 11.6 Å². The molecule has 14 heavy (non-hydrogen) atoms. The number of amides is 1. The minimum absolute atomic E-state index is 0.0502. The molecule has 0 heterocycles. The molecule has 1 amide bonds. The number of halogens is 2. The van der Waals surface area contributed by atoms with Crippen LogP contribution in [-0.2, 0) is 0 Å². The maximum atomic E-state index is 12.8. The Bertz CT molecular complexity index is 366. The lowest BCUT2D eigenvalue weighted by atomic mass is 10.1. The summed E-state index contributed by atoms with van der Waals surface area (Å²) in [6.07, 6.45) is 0. The molecule has 0 spiro atoms. The molecular formula is C9H10F2N2O. The molecule has 0 atom stereocenters. The SMILES string of the molecule is CCNc1cc(F)c(F)cc1C(N)=O. The van der Waals surface area contributed by atoms with Gasteiger partial charge in [-0.2, -0.15) is 0 Å². The van der Waals surface area contributed by atoms with Crippen LogP contribution in [0, 0.1) is 11.6 Å². The van der Waals surface area contributed by atoms with E-state index in [9.17, 15) is 13.6 Å². The minimum Gasteiger partial charge on any atom is -0.385 e. The average Bonchev–Trinajstić information content (AvgIpc) is 2.11. The molecule has 0 saturated heterocycles. The van der Waals surface area contributed by atoms with E-state index in [1.165, 1.54) is 0 Å². The van der Waals surface area contributed by atoms with Gasteiger partial charge in [-0.05, 0) is 13.0 Å². The lowest BCUT2D eigenvalue weighted by Crippen LogP contribution is -2.15. The summed E-state index contributed by atoms with van der Waals surface area (Å²) in [7, 11) is 0. The Kier molecular flexibility index (Phi) is 3.01. The normalized spacial score (nSPS) is 9.93. The Labute approximate surface area is 79.9 Å². The van der Waals surface area contributed by atoms with Crippen molar-refractivity contribution in [3.05, 3.63) is 29.3 Å². The predicted octanol–water partition coefficient (Wildman–Crippen LogP) is 1.50. The zero-order chi connectivity index (χ0) is 10.7. The van der Waals surface area contributed by atoms with E-state index in [0.29, 0.717) is 6.54 Å². The van der Waals surface area contributed by atoms with E-state index in [1.54, 1.807) is 6.92 Å². The first-order chi connectivity index (χ1) is 6.56. The maximum absolute atomic E-state index is 12.8. The molecule has 1 rings (SSSR count). The molecular weight excluding hydrogens is 190 g/mol. The smallest absolute Gasteiger partial charge is 0.250 e. The van der Waals surface area contributed by atoms with Gasteiger partial charge in [-0.1, -0.05) is 0 Å². The van der Waals surface area contributed by atoms with Gasteiger partial charge < -0.3 is 11.1 Å². The van der Waals surface area contributed by atoms with Crippen molar-refractivity contribution in [3.8, 4) is 0 Å². The molecule has 0 aromatic heterocycles. The van der Waals surface area contributed by atoms with Crippen LogP contribution in [0.25, 0.3) is 0 Å². The molecule has 0 unspecified atom stereocenters. The van der Waals surface area contributed by atoms with Gasteiger partial charge in [-0.15, -0.1) is 0 Å². The Balaban J connectivity index is 3.24. The third kappa shape index (κ3) is 1.99. The lowest BCUT2D eigenvalue weighted by molar-refractivity contribution is 0.100. The summed E-state index contributed by atoms with van der Waals surface area (Å²) in [6, 6.07) is 1.70. The van der Waals surface area contributed by atoms with Crippen molar-refractivity contribution in [2.75, 3.05) is 11.9 Å². The van der Waals surface area contributed by atoms with Crippen molar-refractivity contribution in [1.82, 2.24) is 0 Å². The summed E-state index contributed by atoms with van der Waals surface area (Å²) in [6.45, 7) is 2.26. The van der Waals surface area contributed by atoms with Crippen molar-refractivity contribution in [2.24, 2.45) is 5.73 Å². The molecule has 3 nitrogen and oxygen atoms in total. The first-order valence-electron chi connectivity index (χ1n) is 4.09. The van der Waals surface area contributed by atoms with Crippen LogP contribution in [0.15, 0.2) is 12.1 Å². The summed E-state index contributed by atoms with van der Waals surface area (Å²) < 4.78 is 25.5. The largest absolute Gasteiger partial charge is 0.385 e. The average molecular weight is 200 g/mol. The summed E-state index contributed by atoms with van der Waals surface area (Å²) >= 11 is 0. The second-order valence-corrected chi connectivity index (χ2v) is 2.71. The molecule has 0 aliphatic carbocycles. The van der Waals surface area contributed by atoms with Crippen molar-refractivity contribution in [3.63, 3.8) is 0 Å². The number of hydrogen-bond acceptors (Lipinski definition) is 2. The predicted molar refractivity (Wildman–Crippen MR) is 49.0 cm³/mol. The Morgan fingerprint density at radius 3 is 2.50 bits per heavy atom. The quantitative estimate of drug-likeness (QED) is 0.776. The Morgan fingerprint density at radius 1 is 1.43 bits per heavy atom. The highest BCUT2D eigenvalue weighted by Crippen LogP contribution is 2.19. The molecule has 3 N–H and O–H groups in total. The van der Waals surface area contributed by atoms with Gasteiger partial charge in [0, 0.05) is 12.6 Å². The Morgan fingerprint density at radius 2 is 2.00 bits per heavy atom.